The SMILES string of the molecule is CC#CCOc1ccc(S(=O)(=O)N(C)C(C)C(=O)NO)cc1. The zero-order chi connectivity index (χ0) is 16.8. The first-order valence-corrected chi connectivity index (χ1v) is 7.83. The molecule has 0 saturated heterocycles. The molecule has 0 heterocycles. The molecule has 1 atom stereocenters. The normalized spacial score (nSPS) is 12.2. The lowest BCUT2D eigenvalue weighted by Crippen LogP contribution is -2.44. The van der Waals surface area contributed by atoms with Crippen LogP contribution in [0.4, 0.5) is 0 Å². The molecule has 0 saturated carbocycles. The maximum Gasteiger partial charge on any atom is 0.261 e. The molecule has 0 aliphatic carbocycles. The van der Waals surface area contributed by atoms with Gasteiger partial charge in [0, 0.05) is 7.05 Å². The Morgan fingerprint density at radius 2 is 2.00 bits per heavy atom. The Kier molecular flexibility index (Phi) is 6.37. The number of likely N-dealkylation sites (N-methyl/N-ethyl adjacent to an activating group) is 1. The van der Waals surface area contributed by atoms with Crippen molar-refractivity contribution in [3.8, 4) is 17.6 Å². The Morgan fingerprint density at radius 1 is 1.41 bits per heavy atom. The van der Waals surface area contributed by atoms with Crippen molar-refractivity contribution in [2.45, 2.75) is 24.8 Å². The lowest BCUT2D eigenvalue weighted by Gasteiger charge is -2.22. The second kappa shape index (κ2) is 7.79. The van der Waals surface area contributed by atoms with Crippen LogP contribution in [0.3, 0.4) is 0 Å². The molecule has 0 radical (unpaired) electrons. The van der Waals surface area contributed by atoms with E-state index < -0.39 is 22.0 Å². The summed E-state index contributed by atoms with van der Waals surface area (Å²) in [5, 5.41) is 8.58. The smallest absolute Gasteiger partial charge is 0.261 e. The van der Waals surface area contributed by atoms with Crippen LogP contribution in [0, 0.1) is 11.8 Å². The number of hydrogen-bond donors (Lipinski definition) is 2. The summed E-state index contributed by atoms with van der Waals surface area (Å²) in [6.45, 7) is 3.28. The fourth-order valence-electron chi connectivity index (χ4n) is 1.53. The minimum Gasteiger partial charge on any atom is -0.481 e. The van der Waals surface area contributed by atoms with Crippen molar-refractivity contribution in [2.24, 2.45) is 0 Å². The van der Waals surface area contributed by atoms with Gasteiger partial charge < -0.3 is 4.74 Å². The monoisotopic (exact) mass is 326 g/mol. The van der Waals surface area contributed by atoms with Crippen LogP contribution >= 0.6 is 0 Å². The highest BCUT2D eigenvalue weighted by Crippen LogP contribution is 2.20. The molecule has 22 heavy (non-hydrogen) atoms. The first-order valence-electron chi connectivity index (χ1n) is 6.39. The largest absolute Gasteiger partial charge is 0.481 e. The van der Waals surface area contributed by atoms with E-state index in [9.17, 15) is 13.2 Å². The van der Waals surface area contributed by atoms with Gasteiger partial charge in [0.2, 0.25) is 10.0 Å². The van der Waals surface area contributed by atoms with Crippen LogP contribution in [-0.4, -0.2) is 43.5 Å². The average Bonchev–Trinajstić information content (AvgIpc) is 2.53. The summed E-state index contributed by atoms with van der Waals surface area (Å²) in [6.07, 6.45) is 0. The molecular weight excluding hydrogens is 308 g/mol. The highest BCUT2D eigenvalue weighted by Gasteiger charge is 2.29. The molecule has 0 bridgehead atoms. The molecule has 1 aromatic carbocycles. The molecule has 0 aliphatic heterocycles. The summed E-state index contributed by atoms with van der Waals surface area (Å²) in [4.78, 5) is 11.3. The highest BCUT2D eigenvalue weighted by molar-refractivity contribution is 7.89. The van der Waals surface area contributed by atoms with E-state index in [1.54, 1.807) is 6.92 Å². The van der Waals surface area contributed by atoms with E-state index in [4.69, 9.17) is 9.94 Å². The number of amides is 1. The summed E-state index contributed by atoms with van der Waals surface area (Å²) in [5.41, 5.74) is 1.43. The van der Waals surface area contributed by atoms with Gasteiger partial charge in [0.05, 0.1) is 4.90 Å². The van der Waals surface area contributed by atoms with Crippen molar-refractivity contribution in [3.63, 3.8) is 0 Å². The molecule has 0 aromatic heterocycles. The Balaban J connectivity index is 2.93. The fourth-order valence-corrected chi connectivity index (χ4v) is 2.86. The van der Waals surface area contributed by atoms with Crippen molar-refractivity contribution in [2.75, 3.05) is 13.7 Å². The lowest BCUT2D eigenvalue weighted by molar-refractivity contribution is -0.132. The number of benzene rings is 1. The first-order chi connectivity index (χ1) is 10.3. The van der Waals surface area contributed by atoms with Gasteiger partial charge in [0.15, 0.2) is 0 Å². The third kappa shape index (κ3) is 4.21. The van der Waals surface area contributed by atoms with E-state index in [0.717, 1.165) is 4.31 Å². The molecule has 2 N–H and O–H groups in total. The Morgan fingerprint density at radius 3 is 2.50 bits per heavy atom. The molecule has 1 aromatic rings. The lowest BCUT2D eigenvalue weighted by atomic mass is 10.3. The zero-order valence-corrected chi connectivity index (χ0v) is 13.3. The molecule has 0 aliphatic rings. The summed E-state index contributed by atoms with van der Waals surface area (Å²) in [5.74, 6) is 5.08. The molecule has 8 heteroatoms. The Labute approximate surface area is 129 Å². The van der Waals surface area contributed by atoms with Gasteiger partial charge in [-0.1, -0.05) is 5.92 Å². The van der Waals surface area contributed by atoms with Crippen LogP contribution in [0.5, 0.6) is 5.75 Å². The fraction of sp³-hybridized carbons (Fsp3) is 0.357. The third-order valence-corrected chi connectivity index (χ3v) is 4.97. The van der Waals surface area contributed by atoms with Crippen LogP contribution < -0.4 is 10.2 Å². The van der Waals surface area contributed by atoms with Gasteiger partial charge in [0.25, 0.3) is 5.91 Å². The predicted octanol–water partition coefficient (Wildman–Crippen LogP) is 0.603. The summed E-state index contributed by atoms with van der Waals surface area (Å²) >= 11 is 0. The van der Waals surface area contributed by atoms with Gasteiger partial charge in [0.1, 0.15) is 18.4 Å². The van der Waals surface area contributed by atoms with Crippen LogP contribution in [0.15, 0.2) is 29.2 Å². The van der Waals surface area contributed by atoms with Crippen LogP contribution in [-0.2, 0) is 14.8 Å². The van der Waals surface area contributed by atoms with Gasteiger partial charge in [-0.25, -0.2) is 13.9 Å². The van der Waals surface area contributed by atoms with E-state index in [2.05, 4.69) is 11.8 Å². The number of nitrogens with zero attached hydrogens (tertiary/aromatic N) is 1. The second-order valence-corrected chi connectivity index (χ2v) is 6.36. The average molecular weight is 326 g/mol. The van der Waals surface area contributed by atoms with E-state index in [-0.39, 0.29) is 11.5 Å². The highest BCUT2D eigenvalue weighted by atomic mass is 32.2. The van der Waals surface area contributed by atoms with Gasteiger partial charge in [-0.15, -0.1) is 5.92 Å². The molecule has 0 spiro atoms. The maximum atomic E-state index is 12.4. The Bertz CT molecular complexity index is 673. The van der Waals surface area contributed by atoms with Gasteiger partial charge in [-0.05, 0) is 38.1 Å². The number of hydroxylamine groups is 1. The van der Waals surface area contributed by atoms with Gasteiger partial charge >= 0.3 is 0 Å². The molecule has 1 unspecified atom stereocenters. The minimum absolute atomic E-state index is 0.0153. The maximum absolute atomic E-state index is 12.4. The number of hydrogen-bond acceptors (Lipinski definition) is 5. The number of sulfonamides is 1. The van der Waals surface area contributed by atoms with Gasteiger partial charge in [-0.2, -0.15) is 4.31 Å². The number of nitrogens with one attached hydrogen (secondary N) is 1. The summed E-state index contributed by atoms with van der Waals surface area (Å²) in [7, 11) is -2.60. The van der Waals surface area contributed by atoms with E-state index in [1.165, 1.54) is 43.7 Å². The van der Waals surface area contributed by atoms with Crippen LogP contribution in [0.2, 0.25) is 0 Å². The summed E-state index contributed by atoms with van der Waals surface area (Å²) < 4.78 is 30.9. The van der Waals surface area contributed by atoms with E-state index in [1.807, 2.05) is 0 Å². The molecule has 1 rings (SSSR count). The summed E-state index contributed by atoms with van der Waals surface area (Å²) in [6, 6.07) is 4.73. The number of ether oxygens (including phenoxy) is 1. The molecule has 1 amide bonds. The van der Waals surface area contributed by atoms with Crippen molar-refractivity contribution in [3.05, 3.63) is 24.3 Å². The molecular formula is C14H18N2O5S. The van der Waals surface area contributed by atoms with Crippen molar-refractivity contribution in [1.82, 2.24) is 9.79 Å². The molecule has 120 valence electrons. The van der Waals surface area contributed by atoms with Crippen molar-refractivity contribution in [1.29, 1.82) is 0 Å². The topological polar surface area (TPSA) is 95.9 Å². The minimum atomic E-state index is -3.86. The second-order valence-electron chi connectivity index (χ2n) is 4.36. The van der Waals surface area contributed by atoms with Crippen molar-refractivity contribution < 1.29 is 23.2 Å². The predicted molar refractivity (Wildman–Crippen MR) is 79.7 cm³/mol. The number of rotatable bonds is 6. The zero-order valence-electron chi connectivity index (χ0n) is 12.5. The number of carbonyl (C=O) groups is 1. The van der Waals surface area contributed by atoms with Crippen LogP contribution in [0.1, 0.15) is 13.8 Å². The van der Waals surface area contributed by atoms with E-state index >= 15 is 0 Å². The van der Waals surface area contributed by atoms with E-state index in [0.29, 0.717) is 5.75 Å². The first kappa shape index (κ1) is 18.0. The molecule has 7 nitrogen and oxygen atoms in total. The molecule has 0 fully saturated rings. The third-order valence-electron chi connectivity index (χ3n) is 3.02. The van der Waals surface area contributed by atoms with Gasteiger partial charge in [-0.3, -0.25) is 10.0 Å². The van der Waals surface area contributed by atoms with Crippen LogP contribution in [0.25, 0.3) is 0 Å². The standard InChI is InChI=1S/C14H18N2O5S/c1-4-5-10-21-12-6-8-13(9-7-12)22(19,20)16(3)11(2)14(17)15-18/h6-9,11,18H,10H2,1-3H3,(H,15,17). The number of carbonyl (C=O) groups excluding carboxylic acids is 1. The quantitative estimate of drug-likeness (QED) is 0.453. The Hall–Kier alpha value is -2.08. The van der Waals surface area contributed by atoms with Crippen molar-refractivity contribution >= 4 is 15.9 Å².